The van der Waals surface area contributed by atoms with Gasteiger partial charge in [-0.1, -0.05) is 13.8 Å². The highest BCUT2D eigenvalue weighted by molar-refractivity contribution is 7.86. The maximum atomic E-state index is 10.9. The lowest BCUT2D eigenvalue weighted by Gasteiger charge is -2.21. The first-order valence-electron chi connectivity index (χ1n) is 9.69. The van der Waals surface area contributed by atoms with Crippen LogP contribution in [0.3, 0.4) is 0 Å². The molecule has 0 aliphatic rings. The standard InChI is InChI=1S/C11H23Cl2N.C6H3N3O9S/c1-11(2)5-9-14(10-7-13)8-4-3-6-12;10-7(11)3-1-4(8(12)13)6(19(16,17)18)5(2-3)9(14)15/h11H,3-10H2,1-2H3;1-2H,(H,16,17,18). The molecule has 0 saturated carbocycles. The molecule has 0 aliphatic carbocycles. The minimum absolute atomic E-state index is 0.204. The van der Waals surface area contributed by atoms with Crippen LogP contribution in [0, 0.1) is 36.3 Å². The van der Waals surface area contributed by atoms with Gasteiger partial charge in [0.15, 0.2) is 0 Å². The lowest BCUT2D eigenvalue weighted by molar-refractivity contribution is -0.407. The Kier molecular flexibility index (Phi) is 13.9. The van der Waals surface area contributed by atoms with Crippen molar-refractivity contribution in [1.29, 1.82) is 0 Å². The van der Waals surface area contributed by atoms with Crippen LogP contribution in [-0.4, -0.2) is 64.0 Å². The summed E-state index contributed by atoms with van der Waals surface area (Å²) in [5.74, 6) is 2.29. The maximum Gasteiger partial charge on any atom is 0.308 e. The summed E-state index contributed by atoms with van der Waals surface area (Å²) in [5, 5.41) is 31.7. The molecule has 13 nitrogen and oxygen atoms in total. The highest BCUT2D eigenvalue weighted by atomic mass is 35.5. The molecule has 0 atom stereocenters. The van der Waals surface area contributed by atoms with Crippen molar-refractivity contribution in [2.75, 3.05) is 31.4 Å². The van der Waals surface area contributed by atoms with Crippen LogP contribution in [0.15, 0.2) is 17.0 Å². The van der Waals surface area contributed by atoms with Gasteiger partial charge in [0.1, 0.15) is 0 Å². The molecule has 0 unspecified atom stereocenters. The van der Waals surface area contributed by atoms with Gasteiger partial charge in [0, 0.05) is 18.3 Å². The van der Waals surface area contributed by atoms with Crippen molar-refractivity contribution >= 4 is 50.4 Å². The van der Waals surface area contributed by atoms with Gasteiger partial charge in [0.2, 0.25) is 4.90 Å². The summed E-state index contributed by atoms with van der Waals surface area (Å²) in [6, 6.07) is 0.409. The third kappa shape index (κ3) is 11.5. The molecule has 1 aromatic rings. The summed E-state index contributed by atoms with van der Waals surface area (Å²) in [7, 11) is -5.30. The van der Waals surface area contributed by atoms with Crippen LogP contribution < -0.4 is 0 Å². The Labute approximate surface area is 200 Å². The first-order chi connectivity index (χ1) is 15.3. The third-order valence-electron chi connectivity index (χ3n) is 4.18. The van der Waals surface area contributed by atoms with Crippen molar-refractivity contribution in [2.24, 2.45) is 5.92 Å². The number of nitro groups is 3. The lowest BCUT2D eigenvalue weighted by atomic mass is 10.1. The Balaban J connectivity index is 0.000000653. The second-order valence-corrected chi connectivity index (χ2v) is 9.28. The highest BCUT2D eigenvalue weighted by Crippen LogP contribution is 2.36. The number of alkyl halides is 2. The maximum absolute atomic E-state index is 10.9. The molecule has 16 heteroatoms. The largest absolute Gasteiger partial charge is 0.308 e. The molecular weight excluding hydrogens is 507 g/mol. The van der Waals surface area contributed by atoms with E-state index in [0.29, 0.717) is 0 Å². The molecule has 0 radical (unpaired) electrons. The van der Waals surface area contributed by atoms with E-state index in [1.807, 2.05) is 0 Å². The molecule has 1 aromatic carbocycles. The normalized spacial score (nSPS) is 11.2. The number of hydrogen-bond donors (Lipinski definition) is 1. The van der Waals surface area contributed by atoms with Crippen LogP contribution in [0.2, 0.25) is 0 Å². The average Bonchev–Trinajstić information content (AvgIpc) is 2.70. The fourth-order valence-electron chi connectivity index (χ4n) is 2.55. The minimum atomic E-state index is -5.30. The zero-order chi connectivity index (χ0) is 25.8. The Hall–Kier alpha value is -2.13. The van der Waals surface area contributed by atoms with E-state index in [1.165, 1.54) is 19.4 Å². The molecule has 0 fully saturated rings. The van der Waals surface area contributed by atoms with Crippen LogP contribution >= 0.6 is 23.2 Å². The van der Waals surface area contributed by atoms with Gasteiger partial charge in [-0.05, 0) is 38.3 Å². The fraction of sp³-hybridized carbons (Fsp3) is 0.647. The Morgan fingerprint density at radius 3 is 1.76 bits per heavy atom. The smallest absolute Gasteiger partial charge is 0.302 e. The van der Waals surface area contributed by atoms with Crippen molar-refractivity contribution in [1.82, 2.24) is 4.90 Å². The molecule has 0 spiro atoms. The summed E-state index contributed by atoms with van der Waals surface area (Å²) in [5.41, 5.74) is -3.96. The Bertz CT molecular complexity index is 894. The van der Waals surface area contributed by atoms with Gasteiger partial charge >= 0.3 is 21.5 Å². The van der Waals surface area contributed by atoms with E-state index in [2.05, 4.69) is 18.7 Å². The zero-order valence-corrected chi connectivity index (χ0v) is 20.4. The highest BCUT2D eigenvalue weighted by Gasteiger charge is 2.37. The van der Waals surface area contributed by atoms with E-state index in [9.17, 15) is 38.8 Å². The SMILES string of the molecule is CC(C)CCN(CCCl)CCCCCl.O=[N+]([O-])c1cc([N+](=O)[O-])c(S(=O)(=O)O)c([N+](=O)[O-])c1. The number of non-ortho nitro benzene ring substituents is 1. The van der Waals surface area contributed by atoms with E-state index in [-0.39, 0.29) is 12.1 Å². The number of benzene rings is 1. The average molecular weight is 533 g/mol. The number of nitro benzene ring substituents is 3. The van der Waals surface area contributed by atoms with Crippen LogP contribution in [0.25, 0.3) is 0 Å². The van der Waals surface area contributed by atoms with E-state index in [1.54, 1.807) is 0 Å². The molecule has 188 valence electrons. The Morgan fingerprint density at radius 1 is 0.909 bits per heavy atom. The first-order valence-corrected chi connectivity index (χ1v) is 12.2. The number of hydrogen-bond acceptors (Lipinski definition) is 9. The third-order valence-corrected chi connectivity index (χ3v) is 5.55. The predicted molar refractivity (Wildman–Crippen MR) is 123 cm³/mol. The quantitative estimate of drug-likeness (QED) is 0.126. The molecular formula is C17H26Cl2N4O9S. The van der Waals surface area contributed by atoms with E-state index in [4.69, 9.17) is 27.8 Å². The lowest BCUT2D eigenvalue weighted by Crippen LogP contribution is -2.29. The zero-order valence-electron chi connectivity index (χ0n) is 18.1. The van der Waals surface area contributed by atoms with E-state index >= 15 is 0 Å². The summed E-state index contributed by atoms with van der Waals surface area (Å²) >= 11 is 11.4. The van der Waals surface area contributed by atoms with Gasteiger partial charge in [0.25, 0.3) is 5.69 Å². The minimum Gasteiger partial charge on any atom is -0.302 e. The molecule has 0 bridgehead atoms. The van der Waals surface area contributed by atoms with Crippen LogP contribution in [0.4, 0.5) is 17.1 Å². The molecule has 33 heavy (non-hydrogen) atoms. The Morgan fingerprint density at radius 2 is 1.42 bits per heavy atom. The van der Waals surface area contributed by atoms with Crippen LogP contribution in [0.1, 0.15) is 33.1 Å². The summed E-state index contributed by atoms with van der Waals surface area (Å²) in [6.07, 6.45) is 3.57. The molecule has 0 heterocycles. The van der Waals surface area contributed by atoms with Crippen molar-refractivity contribution in [3.05, 3.63) is 42.5 Å². The first kappa shape index (κ1) is 30.9. The van der Waals surface area contributed by atoms with Crippen molar-refractivity contribution < 1.29 is 27.7 Å². The van der Waals surface area contributed by atoms with Crippen molar-refractivity contribution in [3.8, 4) is 0 Å². The van der Waals surface area contributed by atoms with Gasteiger partial charge in [-0.3, -0.25) is 34.9 Å². The van der Waals surface area contributed by atoms with Crippen molar-refractivity contribution in [3.63, 3.8) is 0 Å². The molecule has 1 N–H and O–H groups in total. The topological polar surface area (TPSA) is 187 Å². The molecule has 1 rings (SSSR count). The second-order valence-electron chi connectivity index (χ2n) is 7.17. The van der Waals surface area contributed by atoms with Gasteiger partial charge < -0.3 is 4.90 Å². The van der Waals surface area contributed by atoms with Gasteiger partial charge in [-0.2, -0.15) is 8.42 Å². The monoisotopic (exact) mass is 532 g/mol. The van der Waals surface area contributed by atoms with Gasteiger partial charge in [-0.15, -0.1) is 23.2 Å². The van der Waals surface area contributed by atoms with Crippen LogP contribution in [-0.2, 0) is 10.1 Å². The number of unbranched alkanes of at least 4 members (excludes halogenated alkanes) is 1. The van der Waals surface area contributed by atoms with Crippen LogP contribution in [0.5, 0.6) is 0 Å². The molecule has 0 amide bonds. The molecule has 0 saturated heterocycles. The predicted octanol–water partition coefficient (Wildman–Crippen LogP) is 4.25. The fourth-order valence-corrected chi connectivity index (χ4v) is 3.77. The number of rotatable bonds is 13. The van der Waals surface area contributed by atoms with Gasteiger partial charge in [-0.25, -0.2) is 0 Å². The van der Waals surface area contributed by atoms with Crippen molar-refractivity contribution in [2.45, 2.75) is 38.0 Å². The van der Waals surface area contributed by atoms with E-state index < -0.39 is 46.8 Å². The summed E-state index contributed by atoms with van der Waals surface area (Å²) in [6.45, 7) is 7.85. The number of halogens is 2. The second kappa shape index (κ2) is 14.9. The molecule has 0 aliphatic heterocycles. The van der Waals surface area contributed by atoms with Gasteiger partial charge in [0.05, 0.1) is 26.9 Å². The summed E-state index contributed by atoms with van der Waals surface area (Å²) in [4.78, 5) is 28.6. The molecule has 0 aromatic heterocycles. The summed E-state index contributed by atoms with van der Waals surface area (Å²) < 4.78 is 30.7. The number of nitrogens with zero attached hydrogens (tertiary/aromatic N) is 4. The van der Waals surface area contributed by atoms with E-state index in [0.717, 1.165) is 37.2 Å².